The van der Waals surface area contributed by atoms with Gasteiger partial charge in [0.2, 0.25) is 0 Å². The van der Waals surface area contributed by atoms with Gasteiger partial charge in [-0.25, -0.2) is 4.98 Å². The highest BCUT2D eigenvalue weighted by Gasteiger charge is 2.22. The van der Waals surface area contributed by atoms with Gasteiger partial charge in [0.25, 0.3) is 0 Å². The lowest BCUT2D eigenvalue weighted by molar-refractivity contribution is 0.475. The summed E-state index contributed by atoms with van der Waals surface area (Å²) in [5, 5.41) is 10.4. The quantitative estimate of drug-likeness (QED) is 0.873. The Labute approximate surface area is 111 Å². The van der Waals surface area contributed by atoms with Gasteiger partial charge in [0.05, 0.1) is 5.69 Å². The smallest absolute Gasteiger partial charge is 0.124 e. The van der Waals surface area contributed by atoms with Crippen molar-refractivity contribution in [1.82, 2.24) is 4.98 Å². The molecule has 0 aliphatic rings. The molecule has 0 aliphatic carbocycles. The molecule has 1 aromatic carbocycles. The molecular formula is C14H18N2OS. The number of nitrogens with zero attached hydrogens (tertiary/aromatic N) is 1. The number of benzene rings is 1. The van der Waals surface area contributed by atoms with E-state index in [2.05, 4.69) is 20.8 Å². The van der Waals surface area contributed by atoms with E-state index < -0.39 is 0 Å². The summed E-state index contributed by atoms with van der Waals surface area (Å²) in [6, 6.07) is 7.16. The van der Waals surface area contributed by atoms with Gasteiger partial charge in [0.15, 0.2) is 0 Å². The molecule has 0 atom stereocenters. The molecule has 0 aliphatic heterocycles. The second-order valence-electron chi connectivity index (χ2n) is 5.30. The Morgan fingerprint density at radius 2 is 2.06 bits per heavy atom. The summed E-state index contributed by atoms with van der Waals surface area (Å²) in [5.74, 6) is 0.259. The molecule has 1 heterocycles. The summed E-state index contributed by atoms with van der Waals surface area (Å²) < 4.78 is 0. The van der Waals surface area contributed by atoms with Crippen LogP contribution in [0.3, 0.4) is 0 Å². The highest BCUT2D eigenvalue weighted by Crippen LogP contribution is 2.34. The monoisotopic (exact) mass is 262 g/mol. The molecule has 0 saturated carbocycles. The first-order valence-electron chi connectivity index (χ1n) is 5.91. The lowest BCUT2D eigenvalue weighted by Gasteiger charge is -2.16. The number of nitrogens with two attached hydrogens (primary N) is 1. The fourth-order valence-electron chi connectivity index (χ4n) is 1.84. The molecule has 96 valence electrons. The first kappa shape index (κ1) is 13.1. The number of aromatic hydroxyl groups is 1. The summed E-state index contributed by atoms with van der Waals surface area (Å²) in [6.45, 7) is 6.90. The minimum Gasteiger partial charge on any atom is -0.508 e. The van der Waals surface area contributed by atoms with E-state index in [0.29, 0.717) is 6.54 Å². The van der Waals surface area contributed by atoms with Crippen molar-refractivity contribution in [3.05, 3.63) is 34.8 Å². The van der Waals surface area contributed by atoms with E-state index in [1.807, 2.05) is 12.1 Å². The van der Waals surface area contributed by atoms with Gasteiger partial charge in [-0.2, -0.15) is 0 Å². The van der Waals surface area contributed by atoms with E-state index in [9.17, 15) is 5.11 Å². The molecule has 2 aromatic rings. The van der Waals surface area contributed by atoms with E-state index in [-0.39, 0.29) is 11.2 Å². The van der Waals surface area contributed by atoms with Crippen LogP contribution in [0.5, 0.6) is 5.75 Å². The van der Waals surface area contributed by atoms with Crippen molar-refractivity contribution in [2.24, 2.45) is 5.73 Å². The zero-order valence-electron chi connectivity index (χ0n) is 10.9. The average Bonchev–Trinajstić information content (AvgIpc) is 2.72. The van der Waals surface area contributed by atoms with Crippen LogP contribution < -0.4 is 5.73 Å². The Kier molecular flexibility index (Phi) is 3.41. The molecule has 0 fully saturated rings. The van der Waals surface area contributed by atoms with Gasteiger partial charge in [-0.1, -0.05) is 32.9 Å². The van der Waals surface area contributed by atoms with Gasteiger partial charge < -0.3 is 10.8 Å². The molecule has 1 aromatic heterocycles. The first-order chi connectivity index (χ1) is 8.41. The van der Waals surface area contributed by atoms with Crippen molar-refractivity contribution in [3.8, 4) is 16.3 Å². The lowest BCUT2D eigenvalue weighted by Crippen LogP contribution is -2.15. The maximum absolute atomic E-state index is 9.52. The number of hydrogen-bond donors (Lipinski definition) is 2. The Morgan fingerprint density at radius 1 is 1.33 bits per heavy atom. The second kappa shape index (κ2) is 4.71. The summed E-state index contributed by atoms with van der Waals surface area (Å²) in [5.41, 5.74) is 7.76. The number of phenols is 1. The fourth-order valence-corrected chi connectivity index (χ4v) is 2.99. The van der Waals surface area contributed by atoms with Crippen LogP contribution in [0.25, 0.3) is 10.6 Å². The average molecular weight is 262 g/mol. The minimum atomic E-state index is -0.0136. The maximum atomic E-state index is 9.52. The molecule has 0 amide bonds. The van der Waals surface area contributed by atoms with Crippen molar-refractivity contribution in [3.63, 3.8) is 0 Å². The highest BCUT2D eigenvalue weighted by molar-refractivity contribution is 7.15. The van der Waals surface area contributed by atoms with E-state index in [0.717, 1.165) is 21.1 Å². The van der Waals surface area contributed by atoms with Crippen LogP contribution in [0, 0.1) is 0 Å². The predicted molar refractivity (Wildman–Crippen MR) is 75.8 cm³/mol. The molecule has 0 saturated heterocycles. The third-order valence-electron chi connectivity index (χ3n) is 2.69. The van der Waals surface area contributed by atoms with Crippen LogP contribution in [0.2, 0.25) is 0 Å². The maximum Gasteiger partial charge on any atom is 0.124 e. The molecule has 3 N–H and O–H groups in total. The van der Waals surface area contributed by atoms with E-state index in [1.165, 1.54) is 0 Å². The van der Waals surface area contributed by atoms with Crippen molar-refractivity contribution in [2.75, 3.05) is 0 Å². The molecule has 18 heavy (non-hydrogen) atoms. The third-order valence-corrected chi connectivity index (χ3v) is 3.81. The Hall–Kier alpha value is -1.39. The molecule has 0 bridgehead atoms. The van der Waals surface area contributed by atoms with Crippen LogP contribution >= 0.6 is 11.3 Å². The molecule has 0 unspecified atom stereocenters. The standard InChI is InChI=1S/C14H18N2OS/c1-14(2,3)12-11(8-15)18-13(16-12)9-5-4-6-10(17)7-9/h4-7,17H,8,15H2,1-3H3. The van der Waals surface area contributed by atoms with Crippen LogP contribution in [-0.2, 0) is 12.0 Å². The normalized spacial score (nSPS) is 11.8. The van der Waals surface area contributed by atoms with Gasteiger partial charge in [0.1, 0.15) is 10.8 Å². The van der Waals surface area contributed by atoms with E-state index >= 15 is 0 Å². The first-order valence-corrected chi connectivity index (χ1v) is 6.73. The zero-order valence-corrected chi connectivity index (χ0v) is 11.7. The molecule has 4 heteroatoms. The molecule has 2 rings (SSSR count). The van der Waals surface area contributed by atoms with Gasteiger partial charge in [0, 0.05) is 22.4 Å². The summed E-state index contributed by atoms with van der Waals surface area (Å²) in [4.78, 5) is 5.80. The van der Waals surface area contributed by atoms with Crippen LogP contribution in [0.15, 0.2) is 24.3 Å². The van der Waals surface area contributed by atoms with Gasteiger partial charge in [-0.05, 0) is 12.1 Å². The van der Waals surface area contributed by atoms with Crippen LogP contribution in [-0.4, -0.2) is 10.1 Å². The summed E-state index contributed by atoms with van der Waals surface area (Å²) in [7, 11) is 0. The molecule has 3 nitrogen and oxygen atoms in total. The molecule has 0 radical (unpaired) electrons. The SMILES string of the molecule is CC(C)(C)c1nc(-c2cccc(O)c2)sc1CN. The third kappa shape index (κ3) is 2.54. The predicted octanol–water partition coefficient (Wildman–Crippen LogP) is 3.27. The molecular weight excluding hydrogens is 244 g/mol. The molecule has 0 spiro atoms. The number of phenolic OH excluding ortho intramolecular Hbond substituents is 1. The van der Waals surface area contributed by atoms with Crippen molar-refractivity contribution in [1.29, 1.82) is 0 Å². The zero-order chi connectivity index (χ0) is 13.3. The van der Waals surface area contributed by atoms with Crippen molar-refractivity contribution >= 4 is 11.3 Å². The largest absolute Gasteiger partial charge is 0.508 e. The van der Waals surface area contributed by atoms with E-state index in [4.69, 9.17) is 10.7 Å². The number of rotatable bonds is 2. The Morgan fingerprint density at radius 3 is 2.56 bits per heavy atom. The Bertz CT molecular complexity index is 555. The van der Waals surface area contributed by atoms with Gasteiger partial charge >= 0.3 is 0 Å². The minimum absolute atomic E-state index is 0.0136. The van der Waals surface area contributed by atoms with Crippen molar-refractivity contribution in [2.45, 2.75) is 32.7 Å². The highest BCUT2D eigenvalue weighted by atomic mass is 32.1. The van der Waals surface area contributed by atoms with E-state index in [1.54, 1.807) is 23.5 Å². The number of thiazole rings is 1. The topological polar surface area (TPSA) is 59.1 Å². The van der Waals surface area contributed by atoms with Gasteiger partial charge in [-0.3, -0.25) is 0 Å². The van der Waals surface area contributed by atoms with Crippen LogP contribution in [0.1, 0.15) is 31.3 Å². The summed E-state index contributed by atoms with van der Waals surface area (Å²) in [6.07, 6.45) is 0. The van der Waals surface area contributed by atoms with Crippen LogP contribution in [0.4, 0.5) is 0 Å². The lowest BCUT2D eigenvalue weighted by atomic mass is 9.91. The fraction of sp³-hybridized carbons (Fsp3) is 0.357. The second-order valence-corrected chi connectivity index (χ2v) is 6.38. The number of aromatic nitrogens is 1. The van der Waals surface area contributed by atoms with Crippen molar-refractivity contribution < 1.29 is 5.11 Å². The van der Waals surface area contributed by atoms with Gasteiger partial charge in [-0.15, -0.1) is 11.3 Å². The summed E-state index contributed by atoms with van der Waals surface area (Å²) >= 11 is 1.60. The Balaban J connectivity index is 2.51. The number of hydrogen-bond acceptors (Lipinski definition) is 4.